The highest BCUT2D eigenvalue weighted by atomic mass is 16.5. The van der Waals surface area contributed by atoms with Gasteiger partial charge in [-0.15, -0.1) is 0 Å². The van der Waals surface area contributed by atoms with Crippen LogP contribution in [0, 0.1) is 18.8 Å². The zero-order chi connectivity index (χ0) is 16.5. The molecule has 0 aromatic heterocycles. The van der Waals surface area contributed by atoms with Crippen molar-refractivity contribution in [1.29, 1.82) is 0 Å². The number of aryl methyl sites for hydroxylation is 1. The summed E-state index contributed by atoms with van der Waals surface area (Å²) >= 11 is 0. The summed E-state index contributed by atoms with van der Waals surface area (Å²) in [6, 6.07) is 8.01. The number of hydrogen-bond donors (Lipinski definition) is 2. The van der Waals surface area contributed by atoms with Gasteiger partial charge in [0.15, 0.2) is 0 Å². The van der Waals surface area contributed by atoms with Crippen molar-refractivity contribution in [2.75, 3.05) is 26.2 Å². The van der Waals surface area contributed by atoms with Gasteiger partial charge in [-0.05, 0) is 62.7 Å². The molecule has 0 bridgehead atoms. The Morgan fingerprint density at radius 3 is 2.83 bits per heavy atom. The number of amides is 1. The van der Waals surface area contributed by atoms with E-state index in [1.165, 1.54) is 12.8 Å². The van der Waals surface area contributed by atoms with Gasteiger partial charge in [0.25, 0.3) is 0 Å². The lowest BCUT2D eigenvalue weighted by atomic mass is 9.84. The van der Waals surface area contributed by atoms with Crippen molar-refractivity contribution in [2.45, 2.75) is 39.5 Å². The van der Waals surface area contributed by atoms with E-state index in [2.05, 4.69) is 17.6 Å². The number of hydrogen-bond acceptors (Lipinski definition) is 3. The van der Waals surface area contributed by atoms with E-state index in [1.807, 2.05) is 31.2 Å². The third-order valence-corrected chi connectivity index (χ3v) is 4.69. The predicted octanol–water partition coefficient (Wildman–Crippen LogP) is 2.91. The molecule has 1 atom stereocenters. The second-order valence-corrected chi connectivity index (χ2v) is 6.59. The first-order valence-corrected chi connectivity index (χ1v) is 8.82. The van der Waals surface area contributed by atoms with Crippen LogP contribution in [0.4, 0.5) is 0 Å². The largest absolute Gasteiger partial charge is 0.493 e. The maximum absolute atomic E-state index is 12.0. The quantitative estimate of drug-likeness (QED) is 0.725. The van der Waals surface area contributed by atoms with Crippen molar-refractivity contribution in [1.82, 2.24) is 10.6 Å². The van der Waals surface area contributed by atoms with E-state index < -0.39 is 0 Å². The number of nitrogens with one attached hydrogen (secondary N) is 2. The molecule has 1 aromatic rings. The summed E-state index contributed by atoms with van der Waals surface area (Å²) in [4.78, 5) is 12.0. The molecule has 1 heterocycles. The third kappa shape index (κ3) is 6.22. The first-order valence-electron chi connectivity index (χ1n) is 8.82. The lowest BCUT2D eigenvalue weighted by Crippen LogP contribution is -2.33. The Balaban J connectivity index is 1.57. The zero-order valence-electron chi connectivity index (χ0n) is 14.4. The summed E-state index contributed by atoms with van der Waals surface area (Å²) in [7, 11) is 0. The minimum absolute atomic E-state index is 0.173. The molecule has 1 amide bonds. The Morgan fingerprint density at radius 2 is 2.09 bits per heavy atom. The Kier molecular flexibility index (Phi) is 7.40. The minimum Gasteiger partial charge on any atom is -0.493 e. The van der Waals surface area contributed by atoms with Crippen LogP contribution in [0.25, 0.3) is 0 Å². The van der Waals surface area contributed by atoms with E-state index in [9.17, 15) is 4.79 Å². The summed E-state index contributed by atoms with van der Waals surface area (Å²) in [6.07, 6.45) is 3.86. The van der Waals surface area contributed by atoms with Gasteiger partial charge in [0, 0.05) is 13.0 Å². The molecule has 2 rings (SSSR count). The van der Waals surface area contributed by atoms with Crippen LogP contribution in [0.3, 0.4) is 0 Å². The lowest BCUT2D eigenvalue weighted by Gasteiger charge is -2.27. The molecule has 0 aliphatic carbocycles. The van der Waals surface area contributed by atoms with Crippen LogP contribution in [0.2, 0.25) is 0 Å². The monoisotopic (exact) mass is 318 g/mol. The topological polar surface area (TPSA) is 50.4 Å². The van der Waals surface area contributed by atoms with Crippen LogP contribution < -0.4 is 15.4 Å². The molecule has 1 fully saturated rings. The molecule has 4 nitrogen and oxygen atoms in total. The van der Waals surface area contributed by atoms with Crippen molar-refractivity contribution in [2.24, 2.45) is 11.8 Å². The van der Waals surface area contributed by atoms with E-state index >= 15 is 0 Å². The molecule has 1 unspecified atom stereocenters. The van der Waals surface area contributed by atoms with Gasteiger partial charge >= 0.3 is 0 Å². The summed E-state index contributed by atoms with van der Waals surface area (Å²) in [5.74, 6) is 2.26. The van der Waals surface area contributed by atoms with E-state index in [0.717, 1.165) is 30.8 Å². The summed E-state index contributed by atoms with van der Waals surface area (Å²) in [6.45, 7) is 7.74. The Bertz CT molecular complexity index is 484. The predicted molar refractivity (Wildman–Crippen MR) is 93.7 cm³/mol. The highest BCUT2D eigenvalue weighted by molar-refractivity contribution is 5.76. The summed E-state index contributed by atoms with van der Waals surface area (Å²) in [5.41, 5.74) is 1.15. The molecule has 23 heavy (non-hydrogen) atoms. The van der Waals surface area contributed by atoms with Crippen LogP contribution in [-0.2, 0) is 4.79 Å². The van der Waals surface area contributed by atoms with Gasteiger partial charge in [-0.25, -0.2) is 0 Å². The van der Waals surface area contributed by atoms with Gasteiger partial charge in [0.1, 0.15) is 5.75 Å². The first kappa shape index (κ1) is 17.8. The van der Waals surface area contributed by atoms with E-state index in [0.29, 0.717) is 31.4 Å². The highest BCUT2D eigenvalue weighted by Gasteiger charge is 2.21. The maximum atomic E-state index is 12.0. The van der Waals surface area contributed by atoms with Crippen LogP contribution in [0.1, 0.15) is 38.2 Å². The summed E-state index contributed by atoms with van der Waals surface area (Å²) in [5, 5.41) is 6.39. The van der Waals surface area contributed by atoms with Crippen LogP contribution in [-0.4, -0.2) is 32.1 Å². The standard InChI is InChI=1S/C19H30N2O2/c1-15-6-3-4-7-18(15)23-13-5-10-21-19(22)14-16(2)17-8-11-20-12-9-17/h3-4,6-7,16-17,20H,5,8-14H2,1-2H3,(H,21,22). The fraction of sp³-hybridized carbons (Fsp3) is 0.632. The summed E-state index contributed by atoms with van der Waals surface area (Å²) < 4.78 is 5.74. The van der Waals surface area contributed by atoms with Crippen molar-refractivity contribution < 1.29 is 9.53 Å². The number of para-hydroxylation sites is 1. The first-order chi connectivity index (χ1) is 11.2. The number of ether oxygens (including phenoxy) is 1. The van der Waals surface area contributed by atoms with Gasteiger partial charge in [0.05, 0.1) is 6.61 Å². The molecule has 128 valence electrons. The molecule has 1 saturated heterocycles. The van der Waals surface area contributed by atoms with Gasteiger partial charge in [-0.1, -0.05) is 25.1 Å². The zero-order valence-corrected chi connectivity index (χ0v) is 14.4. The van der Waals surface area contributed by atoms with Gasteiger partial charge in [-0.2, -0.15) is 0 Å². The second kappa shape index (κ2) is 9.56. The van der Waals surface area contributed by atoms with Crippen LogP contribution in [0.15, 0.2) is 24.3 Å². The van der Waals surface area contributed by atoms with Gasteiger partial charge < -0.3 is 15.4 Å². The number of rotatable bonds is 8. The molecule has 0 saturated carbocycles. The highest BCUT2D eigenvalue weighted by Crippen LogP contribution is 2.24. The van der Waals surface area contributed by atoms with Gasteiger partial charge in [-0.3, -0.25) is 4.79 Å². The normalized spacial score (nSPS) is 16.8. The van der Waals surface area contributed by atoms with Crippen LogP contribution >= 0.6 is 0 Å². The third-order valence-electron chi connectivity index (χ3n) is 4.69. The number of piperidine rings is 1. The minimum atomic E-state index is 0.173. The Morgan fingerprint density at radius 1 is 1.35 bits per heavy atom. The van der Waals surface area contributed by atoms with Crippen molar-refractivity contribution in [3.63, 3.8) is 0 Å². The average molecular weight is 318 g/mol. The lowest BCUT2D eigenvalue weighted by molar-refractivity contribution is -0.122. The Labute approximate surface area is 140 Å². The van der Waals surface area contributed by atoms with E-state index in [4.69, 9.17) is 4.74 Å². The fourth-order valence-corrected chi connectivity index (χ4v) is 3.15. The van der Waals surface area contributed by atoms with E-state index in [1.54, 1.807) is 0 Å². The number of carbonyl (C=O) groups is 1. The van der Waals surface area contributed by atoms with Gasteiger partial charge in [0.2, 0.25) is 5.91 Å². The molecule has 4 heteroatoms. The smallest absolute Gasteiger partial charge is 0.220 e. The van der Waals surface area contributed by atoms with Crippen molar-refractivity contribution in [3.8, 4) is 5.75 Å². The fourth-order valence-electron chi connectivity index (χ4n) is 3.15. The molecular formula is C19H30N2O2. The number of carbonyl (C=O) groups excluding carboxylic acids is 1. The Hall–Kier alpha value is -1.55. The van der Waals surface area contributed by atoms with Crippen molar-refractivity contribution >= 4 is 5.91 Å². The molecule has 0 radical (unpaired) electrons. The molecule has 1 aliphatic heterocycles. The maximum Gasteiger partial charge on any atom is 0.220 e. The molecular weight excluding hydrogens is 288 g/mol. The van der Waals surface area contributed by atoms with Crippen LogP contribution in [0.5, 0.6) is 5.75 Å². The SMILES string of the molecule is Cc1ccccc1OCCCNC(=O)CC(C)C1CCNCC1. The molecule has 2 N–H and O–H groups in total. The number of benzene rings is 1. The average Bonchev–Trinajstić information content (AvgIpc) is 2.57. The molecule has 1 aromatic carbocycles. The molecule has 0 spiro atoms. The molecule has 1 aliphatic rings. The van der Waals surface area contributed by atoms with E-state index in [-0.39, 0.29) is 5.91 Å². The van der Waals surface area contributed by atoms with Crippen molar-refractivity contribution in [3.05, 3.63) is 29.8 Å². The second-order valence-electron chi connectivity index (χ2n) is 6.59.